The van der Waals surface area contributed by atoms with Gasteiger partial charge in [0.25, 0.3) is 11.8 Å². The minimum atomic E-state index is -0.457. The number of aryl methyl sites for hydroxylation is 1. The molecule has 0 atom stereocenters. The zero-order valence-corrected chi connectivity index (χ0v) is 13.9. The van der Waals surface area contributed by atoms with Crippen molar-refractivity contribution in [3.63, 3.8) is 0 Å². The molecule has 0 fully saturated rings. The smallest absolute Gasteiger partial charge is 0.279 e. The van der Waals surface area contributed by atoms with Gasteiger partial charge in [0, 0.05) is 24.1 Å². The van der Waals surface area contributed by atoms with Crippen molar-refractivity contribution in [2.45, 2.75) is 6.92 Å². The van der Waals surface area contributed by atoms with Gasteiger partial charge < -0.3 is 4.57 Å². The van der Waals surface area contributed by atoms with Gasteiger partial charge in [-0.05, 0) is 25.1 Å². The number of nitrogens with zero attached hydrogens (tertiary/aromatic N) is 1. The number of Topliss-reactive ketones (excluding diaryl/α,β-unsaturated/α-hetero) is 1. The fraction of sp³-hybridized carbons (Fsp3) is 0.118. The third-order valence-corrected chi connectivity index (χ3v) is 4.79. The number of carbonyl (C=O) groups is 3. The number of hydrogen-bond acceptors (Lipinski definition) is 4. The van der Waals surface area contributed by atoms with E-state index in [4.69, 9.17) is 0 Å². The van der Waals surface area contributed by atoms with Crippen LogP contribution < -0.4 is 10.9 Å². The van der Waals surface area contributed by atoms with Crippen LogP contribution in [0.15, 0.2) is 42.6 Å². The lowest BCUT2D eigenvalue weighted by atomic mass is 10.2. The summed E-state index contributed by atoms with van der Waals surface area (Å²) in [5, 5.41) is 0.807. The van der Waals surface area contributed by atoms with E-state index >= 15 is 0 Å². The maximum Gasteiger partial charge on any atom is 0.279 e. The molecule has 0 saturated carbocycles. The third-order valence-electron chi connectivity index (χ3n) is 3.61. The minimum absolute atomic E-state index is 0.0983. The molecule has 7 heteroatoms. The summed E-state index contributed by atoms with van der Waals surface area (Å²) in [7, 11) is 1.85. The SMILES string of the molecule is CC(=O)c1ccc(C(=O)NNC(=O)c2cn(C)c3ccccc23)s1. The first kappa shape index (κ1) is 15.9. The van der Waals surface area contributed by atoms with Crippen molar-refractivity contribution >= 4 is 39.8 Å². The number of nitrogens with one attached hydrogen (secondary N) is 2. The number of para-hydroxylation sites is 1. The molecule has 122 valence electrons. The van der Waals surface area contributed by atoms with E-state index in [2.05, 4.69) is 10.9 Å². The molecule has 0 aliphatic rings. The monoisotopic (exact) mass is 341 g/mol. The highest BCUT2D eigenvalue weighted by Gasteiger charge is 2.16. The van der Waals surface area contributed by atoms with Crippen LogP contribution >= 0.6 is 11.3 Å². The van der Waals surface area contributed by atoms with Gasteiger partial charge in [0.2, 0.25) is 0 Å². The number of fused-ring (bicyclic) bond motifs is 1. The van der Waals surface area contributed by atoms with E-state index in [1.807, 2.05) is 35.9 Å². The Balaban J connectivity index is 1.72. The van der Waals surface area contributed by atoms with Gasteiger partial charge in [-0.25, -0.2) is 0 Å². The lowest BCUT2D eigenvalue weighted by molar-refractivity contribution is 0.0849. The van der Waals surface area contributed by atoms with Crippen LogP contribution in [0.2, 0.25) is 0 Å². The van der Waals surface area contributed by atoms with Crippen LogP contribution in [-0.4, -0.2) is 22.2 Å². The summed E-state index contributed by atoms with van der Waals surface area (Å²) in [4.78, 5) is 36.5. The third kappa shape index (κ3) is 2.93. The zero-order valence-electron chi connectivity index (χ0n) is 13.1. The van der Waals surface area contributed by atoms with Crippen molar-refractivity contribution in [2.75, 3.05) is 0 Å². The van der Waals surface area contributed by atoms with Crippen molar-refractivity contribution in [1.29, 1.82) is 0 Å². The zero-order chi connectivity index (χ0) is 17.3. The molecule has 1 aromatic carbocycles. The Hall–Kier alpha value is -2.93. The van der Waals surface area contributed by atoms with Crippen LogP contribution in [0.25, 0.3) is 10.9 Å². The summed E-state index contributed by atoms with van der Waals surface area (Å²) in [6.45, 7) is 1.44. The second kappa shape index (κ2) is 6.29. The Kier molecular flexibility index (Phi) is 4.18. The summed E-state index contributed by atoms with van der Waals surface area (Å²) < 4.78 is 1.85. The van der Waals surface area contributed by atoms with E-state index in [9.17, 15) is 14.4 Å². The van der Waals surface area contributed by atoms with Crippen LogP contribution in [0, 0.1) is 0 Å². The summed E-state index contributed by atoms with van der Waals surface area (Å²) in [5.41, 5.74) is 6.19. The number of rotatable bonds is 3. The predicted octanol–water partition coefficient (Wildman–Crippen LogP) is 2.52. The molecular weight excluding hydrogens is 326 g/mol. The summed E-state index contributed by atoms with van der Waals surface area (Å²) in [6, 6.07) is 10.7. The Bertz CT molecular complexity index is 955. The Morgan fingerprint density at radius 1 is 0.958 bits per heavy atom. The Morgan fingerprint density at radius 3 is 2.33 bits per heavy atom. The molecule has 0 aliphatic heterocycles. The van der Waals surface area contributed by atoms with E-state index in [1.165, 1.54) is 6.92 Å². The van der Waals surface area contributed by atoms with Gasteiger partial charge in [0.1, 0.15) is 0 Å². The van der Waals surface area contributed by atoms with Gasteiger partial charge in [-0.3, -0.25) is 25.2 Å². The van der Waals surface area contributed by atoms with Crippen molar-refractivity contribution in [1.82, 2.24) is 15.4 Å². The van der Waals surface area contributed by atoms with Gasteiger partial charge >= 0.3 is 0 Å². The van der Waals surface area contributed by atoms with Crippen molar-refractivity contribution in [2.24, 2.45) is 7.05 Å². The molecule has 0 bridgehead atoms. The number of hydrogen-bond donors (Lipinski definition) is 2. The lowest BCUT2D eigenvalue weighted by Crippen LogP contribution is -2.41. The maximum atomic E-state index is 12.3. The van der Waals surface area contributed by atoms with E-state index in [0.29, 0.717) is 15.3 Å². The molecule has 2 aromatic heterocycles. The van der Waals surface area contributed by atoms with Crippen molar-refractivity contribution in [3.8, 4) is 0 Å². The highest BCUT2D eigenvalue weighted by Crippen LogP contribution is 2.20. The first-order chi connectivity index (χ1) is 11.5. The van der Waals surface area contributed by atoms with E-state index in [1.54, 1.807) is 18.3 Å². The highest BCUT2D eigenvalue weighted by atomic mass is 32.1. The second-order valence-electron chi connectivity index (χ2n) is 5.30. The van der Waals surface area contributed by atoms with E-state index in [0.717, 1.165) is 22.2 Å². The lowest BCUT2D eigenvalue weighted by Gasteiger charge is -2.05. The fourth-order valence-corrected chi connectivity index (χ4v) is 3.21. The number of aromatic nitrogens is 1. The highest BCUT2D eigenvalue weighted by molar-refractivity contribution is 7.15. The number of benzene rings is 1. The van der Waals surface area contributed by atoms with Gasteiger partial charge in [0.15, 0.2) is 5.78 Å². The largest absolute Gasteiger partial charge is 0.350 e. The van der Waals surface area contributed by atoms with Gasteiger partial charge in [-0.1, -0.05) is 18.2 Å². The summed E-state index contributed by atoms with van der Waals surface area (Å²) >= 11 is 1.09. The first-order valence-electron chi connectivity index (χ1n) is 7.23. The molecule has 3 aromatic rings. The molecule has 2 amide bonds. The maximum absolute atomic E-state index is 12.3. The molecule has 0 spiro atoms. The summed E-state index contributed by atoms with van der Waals surface area (Å²) in [5.74, 6) is -0.955. The molecule has 2 heterocycles. The molecule has 3 rings (SSSR count). The number of ketones is 1. The average molecular weight is 341 g/mol. The first-order valence-corrected chi connectivity index (χ1v) is 8.04. The Morgan fingerprint density at radius 2 is 1.62 bits per heavy atom. The van der Waals surface area contributed by atoms with Crippen LogP contribution in [0.5, 0.6) is 0 Å². The van der Waals surface area contributed by atoms with Crippen LogP contribution in [0.1, 0.15) is 36.6 Å². The van der Waals surface area contributed by atoms with Crippen LogP contribution in [0.3, 0.4) is 0 Å². The molecule has 0 unspecified atom stereocenters. The number of hydrazine groups is 1. The second-order valence-corrected chi connectivity index (χ2v) is 6.38. The normalized spacial score (nSPS) is 10.6. The van der Waals surface area contributed by atoms with Gasteiger partial charge in [0.05, 0.1) is 15.3 Å². The Labute approximate surface area is 142 Å². The summed E-state index contributed by atoms with van der Waals surface area (Å²) in [6.07, 6.45) is 1.71. The van der Waals surface area contributed by atoms with E-state index < -0.39 is 11.8 Å². The van der Waals surface area contributed by atoms with Gasteiger partial charge in [-0.2, -0.15) is 0 Å². The van der Waals surface area contributed by atoms with Crippen molar-refractivity contribution in [3.05, 3.63) is 57.9 Å². The fourth-order valence-electron chi connectivity index (χ4n) is 2.41. The van der Waals surface area contributed by atoms with Crippen LogP contribution in [0.4, 0.5) is 0 Å². The standard InChI is InChI=1S/C17H15N3O3S/c1-10(21)14-7-8-15(24-14)17(23)19-18-16(22)12-9-20(2)13-6-4-3-5-11(12)13/h3-9H,1-2H3,(H,18,22)(H,19,23). The quantitative estimate of drug-likeness (QED) is 0.567. The number of carbonyl (C=O) groups excluding carboxylic acids is 3. The van der Waals surface area contributed by atoms with Crippen molar-refractivity contribution < 1.29 is 14.4 Å². The molecule has 24 heavy (non-hydrogen) atoms. The van der Waals surface area contributed by atoms with Crippen LogP contribution in [-0.2, 0) is 7.05 Å². The number of amides is 2. The van der Waals surface area contributed by atoms with Gasteiger partial charge in [-0.15, -0.1) is 11.3 Å². The van der Waals surface area contributed by atoms with E-state index in [-0.39, 0.29) is 5.78 Å². The minimum Gasteiger partial charge on any atom is -0.350 e. The molecule has 6 nitrogen and oxygen atoms in total. The molecule has 2 N–H and O–H groups in total. The average Bonchev–Trinajstić information content (AvgIpc) is 3.18. The molecular formula is C17H15N3O3S. The molecule has 0 radical (unpaired) electrons. The number of thiophene rings is 1. The topological polar surface area (TPSA) is 80.2 Å². The molecule has 0 saturated heterocycles. The predicted molar refractivity (Wildman–Crippen MR) is 92.2 cm³/mol. The molecule has 0 aliphatic carbocycles.